The molecule has 3 N–H and O–H groups in total. The Labute approximate surface area is 65.0 Å². The number of hydrogen-bond donors (Lipinski definition) is 2. The van der Waals surface area contributed by atoms with Crippen LogP contribution in [0.1, 0.15) is 0 Å². The minimum absolute atomic E-state index is 0.0667. The van der Waals surface area contributed by atoms with Crippen LogP contribution in [0.25, 0.3) is 0 Å². The zero-order chi connectivity index (χ0) is 8.69. The average molecular weight is 157 g/mol. The summed E-state index contributed by atoms with van der Waals surface area (Å²) in [7, 11) is 0. The van der Waals surface area contributed by atoms with Gasteiger partial charge in [0, 0.05) is 0 Å². The smallest absolute Gasteiger partial charge is 0.404 e. The van der Waals surface area contributed by atoms with Gasteiger partial charge in [-0.3, -0.25) is 0 Å². The third kappa shape index (κ3) is 5.17. The number of primary amides is 1. The third-order valence-electron chi connectivity index (χ3n) is 1.02. The molecule has 0 aromatic carbocycles. The second kappa shape index (κ2) is 5.49. The van der Waals surface area contributed by atoms with E-state index >= 15 is 0 Å². The fourth-order valence-corrected chi connectivity index (χ4v) is 0.443. The van der Waals surface area contributed by atoms with Crippen molar-refractivity contribution in [2.24, 2.45) is 5.73 Å². The third-order valence-corrected chi connectivity index (χ3v) is 1.02. The summed E-state index contributed by atoms with van der Waals surface area (Å²) in [4.78, 5) is 10.0. The molecule has 0 saturated carbocycles. The number of ether oxygens (including phenoxy) is 1. The number of carbonyl (C=O) groups excluding carboxylic acids is 1. The van der Waals surface area contributed by atoms with E-state index in [9.17, 15) is 4.79 Å². The summed E-state index contributed by atoms with van der Waals surface area (Å²) in [5.74, 6) is 0. The molecule has 0 bridgehead atoms. The fraction of sp³-hybridized carbons (Fsp3) is 0.286. The van der Waals surface area contributed by atoms with Gasteiger partial charge in [-0.2, -0.15) is 0 Å². The number of hydrogen-bond acceptors (Lipinski definition) is 3. The van der Waals surface area contributed by atoms with Crippen LogP contribution < -0.4 is 5.73 Å². The molecule has 4 nitrogen and oxygen atoms in total. The van der Waals surface area contributed by atoms with E-state index in [1.165, 1.54) is 12.2 Å². The van der Waals surface area contributed by atoms with Crippen LogP contribution in [-0.4, -0.2) is 24.4 Å². The van der Waals surface area contributed by atoms with Crippen molar-refractivity contribution in [2.45, 2.75) is 0 Å². The maximum Gasteiger partial charge on any atom is 0.404 e. The number of amides is 1. The Kier molecular flexibility index (Phi) is 4.85. The van der Waals surface area contributed by atoms with Crippen LogP contribution in [-0.2, 0) is 4.74 Å². The lowest BCUT2D eigenvalue weighted by molar-refractivity contribution is 0.169. The highest BCUT2D eigenvalue weighted by Crippen LogP contribution is 1.92. The summed E-state index contributed by atoms with van der Waals surface area (Å²) < 4.78 is 4.38. The average Bonchev–Trinajstić information content (AvgIpc) is 1.98. The lowest BCUT2D eigenvalue weighted by atomic mass is 10.3. The van der Waals surface area contributed by atoms with Crippen molar-refractivity contribution in [2.75, 3.05) is 13.2 Å². The molecule has 0 aromatic heterocycles. The van der Waals surface area contributed by atoms with Crippen LogP contribution in [0.4, 0.5) is 4.79 Å². The minimum Gasteiger partial charge on any atom is -0.445 e. The molecule has 0 saturated heterocycles. The van der Waals surface area contributed by atoms with Crippen molar-refractivity contribution in [3.8, 4) is 0 Å². The molecule has 0 rings (SSSR count). The molecule has 0 aliphatic heterocycles. The molecule has 0 heterocycles. The molecular formula is C7H11NO3. The second-order valence-corrected chi connectivity index (χ2v) is 1.77. The molecule has 4 heteroatoms. The molecule has 0 unspecified atom stereocenters. The predicted molar refractivity (Wildman–Crippen MR) is 40.9 cm³/mol. The van der Waals surface area contributed by atoms with Crippen LogP contribution in [0, 0.1) is 0 Å². The summed E-state index contributed by atoms with van der Waals surface area (Å²) >= 11 is 0. The van der Waals surface area contributed by atoms with Crippen molar-refractivity contribution >= 4 is 6.09 Å². The van der Waals surface area contributed by atoms with E-state index < -0.39 is 6.09 Å². The van der Waals surface area contributed by atoms with Crippen molar-refractivity contribution in [1.82, 2.24) is 0 Å². The first kappa shape index (κ1) is 9.71. The van der Waals surface area contributed by atoms with Gasteiger partial charge >= 0.3 is 6.09 Å². The van der Waals surface area contributed by atoms with Crippen LogP contribution in [0.5, 0.6) is 0 Å². The maximum atomic E-state index is 10.0. The van der Waals surface area contributed by atoms with Crippen molar-refractivity contribution in [1.29, 1.82) is 0 Å². The lowest BCUT2D eigenvalue weighted by Crippen LogP contribution is -2.13. The van der Waals surface area contributed by atoms with E-state index in [4.69, 9.17) is 5.11 Å². The Morgan fingerprint density at radius 3 is 2.73 bits per heavy atom. The van der Waals surface area contributed by atoms with Gasteiger partial charge in [-0.25, -0.2) is 4.79 Å². The van der Waals surface area contributed by atoms with E-state index in [1.54, 1.807) is 0 Å². The highest BCUT2D eigenvalue weighted by Gasteiger charge is 1.90. The Morgan fingerprint density at radius 1 is 1.73 bits per heavy atom. The SMILES string of the molecule is C=CC(=CCOC(N)=O)CO. The van der Waals surface area contributed by atoms with Gasteiger partial charge in [0.2, 0.25) is 0 Å². The minimum atomic E-state index is -0.831. The highest BCUT2D eigenvalue weighted by atomic mass is 16.5. The molecule has 62 valence electrons. The first-order chi connectivity index (χ1) is 5.20. The van der Waals surface area contributed by atoms with Crippen molar-refractivity contribution < 1.29 is 14.6 Å². The van der Waals surface area contributed by atoms with E-state index in [-0.39, 0.29) is 13.2 Å². The van der Waals surface area contributed by atoms with Gasteiger partial charge in [0.1, 0.15) is 6.61 Å². The number of aliphatic hydroxyl groups excluding tert-OH is 1. The molecular weight excluding hydrogens is 146 g/mol. The van der Waals surface area contributed by atoms with Crippen LogP contribution in [0.2, 0.25) is 0 Å². The van der Waals surface area contributed by atoms with Crippen molar-refractivity contribution in [3.05, 3.63) is 24.3 Å². The fourth-order valence-electron chi connectivity index (χ4n) is 0.443. The number of nitrogens with two attached hydrogens (primary N) is 1. The maximum absolute atomic E-state index is 10.0. The second-order valence-electron chi connectivity index (χ2n) is 1.77. The normalized spacial score (nSPS) is 10.8. The quantitative estimate of drug-likeness (QED) is 0.572. The highest BCUT2D eigenvalue weighted by molar-refractivity contribution is 5.64. The number of aliphatic hydroxyl groups is 1. The van der Waals surface area contributed by atoms with E-state index in [0.29, 0.717) is 5.57 Å². The molecule has 0 aromatic rings. The molecule has 0 atom stereocenters. The van der Waals surface area contributed by atoms with Gasteiger partial charge in [-0.1, -0.05) is 12.7 Å². The Balaban J connectivity index is 3.70. The standard InChI is InChI=1S/C7H11NO3/c1-2-6(5-9)3-4-11-7(8)10/h2-3,9H,1,4-5H2,(H2,8,10). The first-order valence-corrected chi connectivity index (χ1v) is 3.05. The van der Waals surface area contributed by atoms with Gasteiger partial charge in [-0.05, 0) is 11.6 Å². The Hall–Kier alpha value is -1.29. The summed E-state index contributed by atoms with van der Waals surface area (Å²) in [6.07, 6.45) is 2.17. The van der Waals surface area contributed by atoms with Gasteiger partial charge in [0.05, 0.1) is 6.61 Å². The molecule has 0 spiro atoms. The summed E-state index contributed by atoms with van der Waals surface area (Å²) in [6, 6.07) is 0. The first-order valence-electron chi connectivity index (χ1n) is 3.05. The molecule has 0 radical (unpaired) electrons. The molecule has 11 heavy (non-hydrogen) atoms. The van der Waals surface area contributed by atoms with Crippen LogP contribution >= 0.6 is 0 Å². The van der Waals surface area contributed by atoms with E-state index in [2.05, 4.69) is 17.0 Å². The predicted octanol–water partition coefficient (Wildman–Crippen LogP) is 0.186. The van der Waals surface area contributed by atoms with Crippen LogP contribution in [0.15, 0.2) is 24.3 Å². The Bertz CT molecular complexity index is 175. The molecule has 0 fully saturated rings. The van der Waals surface area contributed by atoms with Gasteiger partial charge in [0.15, 0.2) is 0 Å². The summed E-state index contributed by atoms with van der Waals surface area (Å²) in [5.41, 5.74) is 5.29. The largest absolute Gasteiger partial charge is 0.445 e. The summed E-state index contributed by atoms with van der Waals surface area (Å²) in [6.45, 7) is 3.38. The topological polar surface area (TPSA) is 72.5 Å². The molecule has 1 amide bonds. The van der Waals surface area contributed by atoms with Gasteiger partial charge < -0.3 is 15.6 Å². The monoisotopic (exact) mass is 157 g/mol. The zero-order valence-electron chi connectivity index (χ0n) is 6.12. The summed E-state index contributed by atoms with van der Waals surface area (Å²) in [5, 5.41) is 8.58. The number of rotatable bonds is 4. The van der Waals surface area contributed by atoms with Gasteiger partial charge in [-0.15, -0.1) is 0 Å². The van der Waals surface area contributed by atoms with E-state index in [0.717, 1.165) is 0 Å². The van der Waals surface area contributed by atoms with E-state index in [1.807, 2.05) is 0 Å². The lowest BCUT2D eigenvalue weighted by Gasteiger charge is -1.97. The Morgan fingerprint density at radius 2 is 2.36 bits per heavy atom. The molecule has 0 aliphatic carbocycles. The molecule has 0 aliphatic rings. The van der Waals surface area contributed by atoms with Crippen molar-refractivity contribution in [3.63, 3.8) is 0 Å². The number of carbonyl (C=O) groups is 1. The zero-order valence-corrected chi connectivity index (χ0v) is 6.12. The van der Waals surface area contributed by atoms with Crippen LogP contribution in [0.3, 0.4) is 0 Å². The van der Waals surface area contributed by atoms with Gasteiger partial charge in [0.25, 0.3) is 0 Å².